The maximum Gasteiger partial charge on any atom is 0.132 e. The minimum absolute atomic E-state index is 0.679. The van der Waals surface area contributed by atoms with Crippen LogP contribution < -0.4 is 0 Å². The van der Waals surface area contributed by atoms with Crippen LogP contribution in [0.15, 0.2) is 6.07 Å². The molecule has 86 valence electrons. The van der Waals surface area contributed by atoms with Crippen molar-refractivity contribution < 1.29 is 0 Å². The molecule has 0 saturated carbocycles. The molecule has 0 N–H and O–H groups in total. The fraction of sp³-hybridized carbons (Fsp3) is 0.455. The molecule has 0 unspecified atom stereocenters. The molecule has 4 nitrogen and oxygen atoms in total. The van der Waals surface area contributed by atoms with Gasteiger partial charge in [-0.15, -0.1) is 0 Å². The molecule has 0 spiro atoms. The molecule has 2 aromatic rings. The van der Waals surface area contributed by atoms with E-state index in [0.717, 1.165) is 22.6 Å². The van der Waals surface area contributed by atoms with Gasteiger partial charge < -0.3 is 0 Å². The lowest BCUT2D eigenvalue weighted by Gasteiger charge is -2.04. The third kappa shape index (κ3) is 1.85. The summed E-state index contributed by atoms with van der Waals surface area (Å²) in [4.78, 5) is 0. The molecule has 0 aliphatic carbocycles. The average molecular weight is 239 g/mol. The van der Waals surface area contributed by atoms with Crippen LogP contribution in [0.4, 0.5) is 0 Å². The monoisotopic (exact) mass is 238 g/mol. The second kappa shape index (κ2) is 3.94. The van der Waals surface area contributed by atoms with Gasteiger partial charge in [0.2, 0.25) is 0 Å². The number of aryl methyl sites for hydroxylation is 4. The fourth-order valence-corrected chi connectivity index (χ4v) is 2.07. The first-order valence-corrected chi connectivity index (χ1v) is 5.56. The molecular formula is C11H15ClN4. The van der Waals surface area contributed by atoms with E-state index >= 15 is 0 Å². The highest BCUT2D eigenvalue weighted by atomic mass is 35.5. The molecule has 5 heteroatoms. The van der Waals surface area contributed by atoms with E-state index in [1.165, 1.54) is 0 Å². The SMILES string of the molecule is Cc1cc(C)n(Cc2c(C)nn(C)c2Cl)n1. The first-order chi connectivity index (χ1) is 7.49. The number of rotatable bonds is 2. The summed E-state index contributed by atoms with van der Waals surface area (Å²) < 4.78 is 3.64. The Bertz CT molecular complexity index is 524. The second-order valence-corrected chi connectivity index (χ2v) is 4.42. The van der Waals surface area contributed by atoms with Crippen molar-refractivity contribution in [2.24, 2.45) is 7.05 Å². The molecule has 0 amide bonds. The molecule has 0 fully saturated rings. The lowest BCUT2D eigenvalue weighted by molar-refractivity contribution is 0.656. The van der Waals surface area contributed by atoms with Gasteiger partial charge in [0.15, 0.2) is 0 Å². The van der Waals surface area contributed by atoms with Crippen LogP contribution in [0.25, 0.3) is 0 Å². The van der Waals surface area contributed by atoms with Crippen molar-refractivity contribution in [1.82, 2.24) is 19.6 Å². The van der Waals surface area contributed by atoms with Gasteiger partial charge in [-0.25, -0.2) is 0 Å². The van der Waals surface area contributed by atoms with E-state index < -0.39 is 0 Å². The zero-order chi connectivity index (χ0) is 11.9. The third-order valence-corrected chi connectivity index (χ3v) is 3.15. The minimum atomic E-state index is 0.679. The van der Waals surface area contributed by atoms with E-state index in [4.69, 9.17) is 11.6 Å². The molecule has 0 saturated heterocycles. The van der Waals surface area contributed by atoms with Crippen LogP contribution in [0.5, 0.6) is 0 Å². The van der Waals surface area contributed by atoms with Gasteiger partial charge in [-0.1, -0.05) is 11.6 Å². The highest BCUT2D eigenvalue weighted by Crippen LogP contribution is 2.20. The maximum atomic E-state index is 6.18. The van der Waals surface area contributed by atoms with Crippen molar-refractivity contribution >= 4 is 11.6 Å². The normalized spacial score (nSPS) is 11.1. The first-order valence-electron chi connectivity index (χ1n) is 5.18. The van der Waals surface area contributed by atoms with Crippen LogP contribution in [0.3, 0.4) is 0 Å². The zero-order valence-electron chi connectivity index (χ0n) is 9.95. The third-order valence-electron chi connectivity index (χ3n) is 2.68. The van der Waals surface area contributed by atoms with Gasteiger partial charge in [-0.2, -0.15) is 10.2 Å². The van der Waals surface area contributed by atoms with E-state index in [0.29, 0.717) is 11.7 Å². The molecule has 0 bridgehead atoms. The predicted molar refractivity (Wildman–Crippen MR) is 63.8 cm³/mol. The summed E-state index contributed by atoms with van der Waals surface area (Å²) in [6.45, 7) is 6.67. The summed E-state index contributed by atoms with van der Waals surface area (Å²) in [6.07, 6.45) is 0. The number of aromatic nitrogens is 4. The van der Waals surface area contributed by atoms with Gasteiger partial charge in [-0.3, -0.25) is 9.36 Å². The molecule has 2 aromatic heterocycles. The summed E-state index contributed by atoms with van der Waals surface area (Å²) in [5.74, 6) is 0. The Balaban J connectivity index is 2.37. The summed E-state index contributed by atoms with van der Waals surface area (Å²) in [6, 6.07) is 2.06. The van der Waals surface area contributed by atoms with Crippen molar-refractivity contribution in [2.45, 2.75) is 27.3 Å². The van der Waals surface area contributed by atoms with Crippen LogP contribution in [0.1, 0.15) is 22.6 Å². The van der Waals surface area contributed by atoms with Gasteiger partial charge >= 0.3 is 0 Å². The number of halogens is 1. The van der Waals surface area contributed by atoms with Crippen molar-refractivity contribution in [3.05, 3.63) is 33.9 Å². The maximum absolute atomic E-state index is 6.18. The van der Waals surface area contributed by atoms with Crippen molar-refractivity contribution in [2.75, 3.05) is 0 Å². The Kier molecular flexibility index (Phi) is 2.76. The fourth-order valence-electron chi connectivity index (χ4n) is 1.84. The van der Waals surface area contributed by atoms with E-state index in [2.05, 4.69) is 16.3 Å². The molecule has 0 aromatic carbocycles. The minimum Gasteiger partial charge on any atom is -0.265 e. The molecule has 0 aliphatic heterocycles. The summed E-state index contributed by atoms with van der Waals surface area (Å²) in [5.41, 5.74) is 4.16. The van der Waals surface area contributed by atoms with Crippen LogP contribution in [0, 0.1) is 20.8 Å². The van der Waals surface area contributed by atoms with Crippen molar-refractivity contribution in [1.29, 1.82) is 0 Å². The Labute approximate surface area is 99.8 Å². The Morgan fingerprint density at radius 2 is 1.94 bits per heavy atom. The largest absolute Gasteiger partial charge is 0.265 e. The number of hydrogen-bond acceptors (Lipinski definition) is 2. The molecule has 16 heavy (non-hydrogen) atoms. The molecule has 2 heterocycles. The topological polar surface area (TPSA) is 35.6 Å². The number of nitrogens with zero attached hydrogens (tertiary/aromatic N) is 4. The van der Waals surface area contributed by atoms with Gasteiger partial charge in [0.25, 0.3) is 0 Å². The number of hydrogen-bond donors (Lipinski definition) is 0. The summed E-state index contributed by atoms with van der Waals surface area (Å²) in [5, 5.41) is 9.39. The molecule has 2 rings (SSSR count). The Morgan fingerprint density at radius 3 is 2.38 bits per heavy atom. The highest BCUT2D eigenvalue weighted by molar-refractivity contribution is 6.30. The average Bonchev–Trinajstić information content (AvgIpc) is 2.62. The first kappa shape index (κ1) is 11.2. The lowest BCUT2D eigenvalue weighted by Crippen LogP contribution is -2.05. The van der Waals surface area contributed by atoms with Gasteiger partial charge in [0.05, 0.1) is 17.9 Å². The van der Waals surface area contributed by atoms with Gasteiger partial charge in [0.1, 0.15) is 5.15 Å². The Morgan fingerprint density at radius 1 is 1.25 bits per heavy atom. The zero-order valence-corrected chi connectivity index (χ0v) is 10.7. The van der Waals surface area contributed by atoms with Crippen molar-refractivity contribution in [3.8, 4) is 0 Å². The highest BCUT2D eigenvalue weighted by Gasteiger charge is 2.13. The van der Waals surface area contributed by atoms with Crippen LogP contribution in [-0.2, 0) is 13.6 Å². The van der Waals surface area contributed by atoms with Crippen LogP contribution in [0.2, 0.25) is 5.15 Å². The van der Waals surface area contributed by atoms with E-state index in [1.807, 2.05) is 32.5 Å². The molecule has 0 aliphatic rings. The van der Waals surface area contributed by atoms with Gasteiger partial charge in [0, 0.05) is 18.3 Å². The standard InChI is InChI=1S/C11H15ClN4/c1-7-5-8(2)16(13-7)6-10-9(3)14-15(4)11(10)12/h5H,6H2,1-4H3. The quantitative estimate of drug-likeness (QED) is 0.805. The Hall–Kier alpha value is -1.29. The summed E-state index contributed by atoms with van der Waals surface area (Å²) >= 11 is 6.18. The van der Waals surface area contributed by atoms with Crippen LogP contribution >= 0.6 is 11.6 Å². The smallest absolute Gasteiger partial charge is 0.132 e. The van der Waals surface area contributed by atoms with Gasteiger partial charge in [-0.05, 0) is 26.8 Å². The second-order valence-electron chi connectivity index (χ2n) is 4.06. The van der Waals surface area contributed by atoms with Crippen molar-refractivity contribution in [3.63, 3.8) is 0 Å². The molecular weight excluding hydrogens is 224 g/mol. The van der Waals surface area contributed by atoms with E-state index in [1.54, 1.807) is 4.68 Å². The van der Waals surface area contributed by atoms with E-state index in [-0.39, 0.29) is 0 Å². The molecule has 0 atom stereocenters. The van der Waals surface area contributed by atoms with E-state index in [9.17, 15) is 0 Å². The summed E-state index contributed by atoms with van der Waals surface area (Å²) in [7, 11) is 1.85. The molecule has 0 radical (unpaired) electrons. The van der Waals surface area contributed by atoms with Crippen LogP contribution in [-0.4, -0.2) is 19.6 Å². The lowest BCUT2D eigenvalue weighted by atomic mass is 10.2. The predicted octanol–water partition coefficient (Wildman–Crippen LogP) is 2.24.